The Kier molecular flexibility index (Phi) is 8.63. The number of aromatic nitrogens is 2. The number of rotatable bonds is 11. The first kappa shape index (κ1) is 29.2. The first-order chi connectivity index (χ1) is 20.7. The number of nitrogens with zero attached hydrogens (tertiary/aromatic N) is 5. The number of ether oxygens (including phenoxy) is 2. The molecular formula is C32H31FN6O4. The van der Waals surface area contributed by atoms with Gasteiger partial charge in [-0.15, -0.1) is 0 Å². The number of hydrogen-bond donors (Lipinski definition) is 1. The normalized spacial score (nSPS) is 11.0. The van der Waals surface area contributed by atoms with Gasteiger partial charge in [-0.05, 0) is 56.1 Å². The number of fused-ring (bicyclic) bond motifs is 1. The lowest BCUT2D eigenvalue weighted by atomic mass is 10.0. The topological polar surface area (TPSA) is 106 Å². The van der Waals surface area contributed by atoms with E-state index in [1.165, 1.54) is 25.3 Å². The van der Waals surface area contributed by atoms with E-state index in [0.717, 1.165) is 17.7 Å². The lowest BCUT2D eigenvalue weighted by Crippen LogP contribution is -2.28. The summed E-state index contributed by atoms with van der Waals surface area (Å²) in [6.45, 7) is 1.31. The van der Waals surface area contributed by atoms with E-state index >= 15 is 0 Å². The Balaban J connectivity index is 1.54. The summed E-state index contributed by atoms with van der Waals surface area (Å²) in [7, 11) is 7.21. The average molecular weight is 583 g/mol. The van der Waals surface area contributed by atoms with Crippen LogP contribution in [0, 0.1) is 15.9 Å². The Morgan fingerprint density at radius 1 is 0.953 bits per heavy atom. The minimum atomic E-state index is -0.413. The largest absolute Gasteiger partial charge is 0.494 e. The van der Waals surface area contributed by atoms with Gasteiger partial charge in [-0.3, -0.25) is 10.1 Å². The summed E-state index contributed by atoms with van der Waals surface area (Å²) in [5, 5.41) is 15.9. The molecule has 0 bridgehead atoms. The summed E-state index contributed by atoms with van der Waals surface area (Å²) in [5.74, 6) is 1.32. The van der Waals surface area contributed by atoms with Crippen LogP contribution < -0.4 is 19.7 Å². The Hall–Kier alpha value is -5.29. The van der Waals surface area contributed by atoms with Crippen LogP contribution >= 0.6 is 0 Å². The van der Waals surface area contributed by atoms with Crippen molar-refractivity contribution in [3.8, 4) is 28.4 Å². The van der Waals surface area contributed by atoms with Gasteiger partial charge in [0, 0.05) is 49.4 Å². The molecule has 11 heteroatoms. The fourth-order valence-electron chi connectivity index (χ4n) is 4.58. The summed E-state index contributed by atoms with van der Waals surface area (Å²) in [5.41, 5.74) is 3.06. The molecule has 5 aromatic rings. The van der Waals surface area contributed by atoms with Gasteiger partial charge in [0.15, 0.2) is 0 Å². The van der Waals surface area contributed by atoms with E-state index in [4.69, 9.17) is 14.5 Å². The fraction of sp³-hybridized carbons (Fsp3) is 0.188. The number of likely N-dealkylation sites (N-methyl/N-ethyl adjacent to an activating group) is 2. The number of nitrogens with one attached hydrogen (secondary N) is 1. The Morgan fingerprint density at radius 2 is 1.70 bits per heavy atom. The van der Waals surface area contributed by atoms with E-state index in [-0.39, 0.29) is 17.5 Å². The van der Waals surface area contributed by atoms with Crippen molar-refractivity contribution in [1.82, 2.24) is 14.9 Å². The highest BCUT2D eigenvalue weighted by atomic mass is 19.1. The molecule has 0 aliphatic carbocycles. The second-order valence-corrected chi connectivity index (χ2v) is 10.2. The molecule has 0 amide bonds. The lowest BCUT2D eigenvalue weighted by molar-refractivity contribution is -0.384. The van der Waals surface area contributed by atoms with Crippen molar-refractivity contribution in [2.75, 3.05) is 51.6 Å². The van der Waals surface area contributed by atoms with Crippen LogP contribution in [0.4, 0.5) is 27.4 Å². The monoisotopic (exact) mass is 582 g/mol. The smallest absolute Gasteiger partial charge is 0.294 e. The molecule has 0 saturated heterocycles. The molecule has 1 N–H and O–H groups in total. The van der Waals surface area contributed by atoms with Crippen molar-refractivity contribution in [1.29, 1.82) is 0 Å². The zero-order valence-electron chi connectivity index (χ0n) is 24.2. The summed E-state index contributed by atoms with van der Waals surface area (Å²) < 4.78 is 25.1. The van der Waals surface area contributed by atoms with Crippen LogP contribution in [0.1, 0.15) is 0 Å². The van der Waals surface area contributed by atoms with Crippen molar-refractivity contribution >= 4 is 33.9 Å². The van der Waals surface area contributed by atoms with Crippen molar-refractivity contribution in [3.05, 3.63) is 101 Å². The van der Waals surface area contributed by atoms with Gasteiger partial charge in [-0.2, -0.15) is 0 Å². The summed E-state index contributed by atoms with van der Waals surface area (Å²) in [6, 6.07) is 22.2. The van der Waals surface area contributed by atoms with Crippen molar-refractivity contribution < 1.29 is 18.8 Å². The molecule has 5 rings (SSSR count). The zero-order valence-corrected chi connectivity index (χ0v) is 24.2. The highest BCUT2D eigenvalue weighted by Gasteiger charge is 2.23. The minimum Gasteiger partial charge on any atom is -0.494 e. The zero-order chi connectivity index (χ0) is 30.5. The van der Waals surface area contributed by atoms with Crippen LogP contribution in [0.25, 0.3) is 22.0 Å². The third-order valence-corrected chi connectivity index (χ3v) is 6.82. The fourth-order valence-corrected chi connectivity index (χ4v) is 4.58. The molecule has 0 atom stereocenters. The highest BCUT2D eigenvalue weighted by Crippen LogP contribution is 2.40. The van der Waals surface area contributed by atoms with E-state index in [2.05, 4.69) is 10.3 Å². The molecule has 10 nitrogen and oxygen atoms in total. The van der Waals surface area contributed by atoms with Crippen LogP contribution in [0.3, 0.4) is 0 Å². The summed E-state index contributed by atoms with van der Waals surface area (Å²) in [4.78, 5) is 24.8. The Bertz CT molecular complexity index is 1750. The van der Waals surface area contributed by atoms with E-state index in [1.54, 1.807) is 30.5 Å². The summed E-state index contributed by atoms with van der Waals surface area (Å²) in [6.07, 6.45) is 1.65. The van der Waals surface area contributed by atoms with Crippen LogP contribution in [0.5, 0.6) is 17.2 Å². The lowest BCUT2D eigenvalue weighted by Gasteiger charge is -2.22. The molecule has 220 valence electrons. The molecule has 0 saturated carbocycles. The highest BCUT2D eigenvalue weighted by molar-refractivity contribution is 5.95. The molecule has 0 unspecified atom stereocenters. The molecule has 0 fully saturated rings. The van der Waals surface area contributed by atoms with E-state index < -0.39 is 4.92 Å². The molecule has 0 radical (unpaired) electrons. The van der Waals surface area contributed by atoms with Crippen molar-refractivity contribution in [3.63, 3.8) is 0 Å². The quantitative estimate of drug-likeness (QED) is 0.132. The second kappa shape index (κ2) is 12.7. The van der Waals surface area contributed by atoms with Gasteiger partial charge in [-0.25, -0.2) is 14.4 Å². The second-order valence-electron chi connectivity index (χ2n) is 10.2. The third-order valence-electron chi connectivity index (χ3n) is 6.82. The van der Waals surface area contributed by atoms with Gasteiger partial charge in [0.1, 0.15) is 28.8 Å². The van der Waals surface area contributed by atoms with Gasteiger partial charge < -0.3 is 24.6 Å². The molecular weight excluding hydrogens is 551 g/mol. The summed E-state index contributed by atoms with van der Waals surface area (Å²) >= 11 is 0. The molecule has 1 aromatic heterocycles. The maximum absolute atomic E-state index is 13.4. The molecule has 0 aliphatic heterocycles. The first-order valence-electron chi connectivity index (χ1n) is 13.5. The Morgan fingerprint density at radius 3 is 2.37 bits per heavy atom. The average Bonchev–Trinajstić information content (AvgIpc) is 3.01. The number of benzene rings is 4. The predicted octanol–water partition coefficient (Wildman–Crippen LogP) is 6.89. The number of halogens is 1. The standard InChI is InChI=1S/C32H31FN6O4/c1-37(2)14-15-38(3)28-19-30(42-4)27(18-29(28)39(40)41)35-32-34-20-22-16-25(43-24-12-10-23(33)11-13-24)17-26(31(22)36-32)21-8-6-5-7-9-21/h5-13,16-20H,14-15H2,1-4H3,(H,34,35,36). The number of nitro benzene ring substituents is 1. The van der Waals surface area contributed by atoms with E-state index in [9.17, 15) is 14.5 Å². The van der Waals surface area contributed by atoms with E-state index in [0.29, 0.717) is 46.1 Å². The number of nitro groups is 1. The van der Waals surface area contributed by atoms with Gasteiger partial charge in [0.25, 0.3) is 5.69 Å². The molecule has 1 heterocycles. The van der Waals surface area contributed by atoms with E-state index in [1.807, 2.05) is 67.3 Å². The Labute approximate surface area is 248 Å². The molecule has 0 spiro atoms. The number of hydrogen-bond acceptors (Lipinski definition) is 9. The third kappa shape index (κ3) is 6.79. The molecule has 43 heavy (non-hydrogen) atoms. The molecule has 4 aromatic carbocycles. The van der Waals surface area contributed by atoms with Gasteiger partial charge in [0.2, 0.25) is 5.95 Å². The first-order valence-corrected chi connectivity index (χ1v) is 13.5. The number of anilines is 3. The van der Waals surface area contributed by atoms with Crippen LogP contribution in [-0.4, -0.2) is 61.1 Å². The number of methoxy groups -OCH3 is 1. The minimum absolute atomic E-state index is 0.0714. The van der Waals surface area contributed by atoms with Crippen LogP contribution in [0.2, 0.25) is 0 Å². The van der Waals surface area contributed by atoms with Gasteiger partial charge >= 0.3 is 0 Å². The van der Waals surface area contributed by atoms with Crippen LogP contribution in [0.15, 0.2) is 85.1 Å². The maximum atomic E-state index is 13.4. The van der Waals surface area contributed by atoms with Crippen LogP contribution in [-0.2, 0) is 0 Å². The predicted molar refractivity (Wildman–Crippen MR) is 166 cm³/mol. The SMILES string of the molecule is COc1cc(N(C)CCN(C)C)c([N+](=O)[O-])cc1Nc1ncc2cc(Oc3ccc(F)cc3)cc(-c3ccccc3)c2n1. The van der Waals surface area contributed by atoms with Gasteiger partial charge in [-0.1, -0.05) is 30.3 Å². The van der Waals surface area contributed by atoms with Gasteiger partial charge in [0.05, 0.1) is 23.2 Å². The van der Waals surface area contributed by atoms with Crippen molar-refractivity contribution in [2.45, 2.75) is 0 Å². The van der Waals surface area contributed by atoms with Crippen molar-refractivity contribution in [2.24, 2.45) is 0 Å². The maximum Gasteiger partial charge on any atom is 0.294 e. The molecule has 0 aliphatic rings.